The van der Waals surface area contributed by atoms with E-state index < -0.39 is 0 Å². The molecule has 0 unspecified atom stereocenters. The number of benzene rings is 2. The standard InChI is InChI=1S/C20H23ClN2O3/c1-24-18-5-3-2-4-17(18)23-8-6-22(7-9-23)14-15-12-16(21)20-19(13-15)25-10-11-26-20/h2-5,12-13H,6-11,14H2,1H3/p+1. The van der Waals surface area contributed by atoms with Gasteiger partial charge < -0.3 is 24.0 Å². The minimum atomic E-state index is 0.558. The van der Waals surface area contributed by atoms with Gasteiger partial charge in [0.1, 0.15) is 25.5 Å². The van der Waals surface area contributed by atoms with Gasteiger partial charge in [0.2, 0.25) is 0 Å². The maximum absolute atomic E-state index is 6.37. The van der Waals surface area contributed by atoms with Crippen LogP contribution >= 0.6 is 11.6 Å². The zero-order chi connectivity index (χ0) is 17.9. The molecule has 2 aromatic rings. The Bertz CT molecular complexity index is 776. The molecule has 0 saturated carbocycles. The van der Waals surface area contributed by atoms with Gasteiger partial charge in [0.25, 0.3) is 0 Å². The van der Waals surface area contributed by atoms with Gasteiger partial charge in [-0.1, -0.05) is 23.7 Å². The lowest BCUT2D eigenvalue weighted by molar-refractivity contribution is -0.914. The van der Waals surface area contributed by atoms with Crippen molar-refractivity contribution in [3.05, 3.63) is 47.0 Å². The lowest BCUT2D eigenvalue weighted by Crippen LogP contribution is -3.13. The Morgan fingerprint density at radius 3 is 2.69 bits per heavy atom. The molecule has 1 N–H and O–H groups in total. The number of nitrogens with one attached hydrogen (secondary N) is 1. The first-order valence-electron chi connectivity index (χ1n) is 9.04. The van der Waals surface area contributed by atoms with Crippen LogP contribution in [0.3, 0.4) is 0 Å². The Kier molecular flexibility index (Phi) is 5.09. The van der Waals surface area contributed by atoms with Crippen molar-refractivity contribution in [3.63, 3.8) is 0 Å². The van der Waals surface area contributed by atoms with E-state index in [2.05, 4.69) is 23.1 Å². The van der Waals surface area contributed by atoms with E-state index in [0.29, 0.717) is 24.0 Å². The van der Waals surface area contributed by atoms with Gasteiger partial charge in [-0.15, -0.1) is 0 Å². The molecule has 26 heavy (non-hydrogen) atoms. The highest BCUT2D eigenvalue weighted by Gasteiger charge is 2.24. The van der Waals surface area contributed by atoms with Crippen molar-refractivity contribution in [3.8, 4) is 17.2 Å². The molecule has 0 atom stereocenters. The summed E-state index contributed by atoms with van der Waals surface area (Å²) in [6.45, 7) is 6.24. The minimum absolute atomic E-state index is 0.558. The molecule has 1 fully saturated rings. The van der Waals surface area contributed by atoms with Crippen LogP contribution in [0.2, 0.25) is 5.02 Å². The van der Waals surface area contributed by atoms with E-state index in [-0.39, 0.29) is 0 Å². The largest absolute Gasteiger partial charge is 0.495 e. The molecular formula is C20H24ClN2O3+. The Morgan fingerprint density at radius 2 is 1.88 bits per heavy atom. The topological polar surface area (TPSA) is 35.4 Å². The zero-order valence-electron chi connectivity index (χ0n) is 15.0. The molecule has 4 rings (SSSR count). The normalized spacial score (nSPS) is 17.2. The quantitative estimate of drug-likeness (QED) is 0.887. The van der Waals surface area contributed by atoms with Crippen LogP contribution in [0.1, 0.15) is 5.56 Å². The van der Waals surface area contributed by atoms with E-state index in [1.807, 2.05) is 18.2 Å². The number of nitrogens with zero attached hydrogens (tertiary/aromatic N) is 1. The number of halogens is 1. The number of para-hydroxylation sites is 2. The summed E-state index contributed by atoms with van der Waals surface area (Å²) in [4.78, 5) is 3.95. The molecule has 6 heteroatoms. The summed E-state index contributed by atoms with van der Waals surface area (Å²) >= 11 is 6.37. The molecule has 0 amide bonds. The maximum Gasteiger partial charge on any atom is 0.179 e. The third kappa shape index (κ3) is 3.55. The minimum Gasteiger partial charge on any atom is -0.495 e. The summed E-state index contributed by atoms with van der Waals surface area (Å²) in [7, 11) is 1.73. The third-order valence-corrected chi connectivity index (χ3v) is 5.29. The highest BCUT2D eigenvalue weighted by atomic mass is 35.5. The third-order valence-electron chi connectivity index (χ3n) is 5.01. The van der Waals surface area contributed by atoms with Gasteiger partial charge in [-0.25, -0.2) is 0 Å². The second kappa shape index (κ2) is 7.64. The number of methoxy groups -OCH3 is 1. The monoisotopic (exact) mass is 375 g/mol. The van der Waals surface area contributed by atoms with Crippen molar-refractivity contribution >= 4 is 17.3 Å². The molecule has 138 valence electrons. The van der Waals surface area contributed by atoms with Crippen LogP contribution < -0.4 is 24.0 Å². The summed E-state index contributed by atoms with van der Waals surface area (Å²) in [5, 5.41) is 0.643. The predicted molar refractivity (Wildman–Crippen MR) is 102 cm³/mol. The first-order chi connectivity index (χ1) is 12.7. The van der Waals surface area contributed by atoms with E-state index in [9.17, 15) is 0 Å². The summed E-state index contributed by atoms with van der Waals surface area (Å²) < 4.78 is 16.8. The number of piperazine rings is 1. The maximum atomic E-state index is 6.37. The van der Waals surface area contributed by atoms with Crippen molar-refractivity contribution in [2.45, 2.75) is 6.54 Å². The summed E-state index contributed by atoms with van der Waals surface area (Å²) in [5.41, 5.74) is 2.37. The van der Waals surface area contributed by atoms with Crippen molar-refractivity contribution in [1.29, 1.82) is 0 Å². The zero-order valence-corrected chi connectivity index (χ0v) is 15.7. The highest BCUT2D eigenvalue weighted by Crippen LogP contribution is 2.38. The lowest BCUT2D eigenvalue weighted by atomic mass is 10.1. The molecule has 2 aliphatic heterocycles. The fourth-order valence-electron chi connectivity index (χ4n) is 3.69. The second-order valence-corrected chi connectivity index (χ2v) is 7.09. The fourth-order valence-corrected chi connectivity index (χ4v) is 3.97. The number of anilines is 1. The van der Waals surface area contributed by atoms with Crippen molar-refractivity contribution < 1.29 is 19.1 Å². The summed E-state index contributed by atoms with van der Waals surface area (Å²) in [5.74, 6) is 2.39. The molecule has 1 saturated heterocycles. The smallest absolute Gasteiger partial charge is 0.179 e. The fraction of sp³-hybridized carbons (Fsp3) is 0.400. The van der Waals surface area contributed by atoms with E-state index in [4.69, 9.17) is 25.8 Å². The van der Waals surface area contributed by atoms with Crippen LogP contribution in [0, 0.1) is 0 Å². The first kappa shape index (κ1) is 17.3. The lowest BCUT2D eigenvalue weighted by Gasteiger charge is -2.34. The predicted octanol–water partition coefficient (Wildman–Crippen LogP) is 2.02. The molecule has 0 bridgehead atoms. The van der Waals surface area contributed by atoms with E-state index in [0.717, 1.165) is 44.2 Å². The average Bonchev–Trinajstić information content (AvgIpc) is 2.69. The Morgan fingerprint density at radius 1 is 1.12 bits per heavy atom. The van der Waals surface area contributed by atoms with E-state index >= 15 is 0 Å². The molecule has 2 aliphatic rings. The van der Waals surface area contributed by atoms with E-state index in [1.54, 1.807) is 12.0 Å². The van der Waals surface area contributed by atoms with Crippen LogP contribution in [0.25, 0.3) is 0 Å². The van der Waals surface area contributed by atoms with Gasteiger partial charge >= 0.3 is 0 Å². The van der Waals surface area contributed by atoms with Gasteiger partial charge in [0.05, 0.1) is 44.0 Å². The number of quaternary nitrogens is 1. The Labute approximate surface area is 159 Å². The van der Waals surface area contributed by atoms with E-state index in [1.165, 1.54) is 11.3 Å². The van der Waals surface area contributed by atoms with Gasteiger partial charge in [-0.2, -0.15) is 0 Å². The van der Waals surface area contributed by atoms with Crippen molar-refractivity contribution in [1.82, 2.24) is 0 Å². The second-order valence-electron chi connectivity index (χ2n) is 6.69. The molecule has 0 aliphatic carbocycles. The molecule has 0 aromatic heterocycles. The Balaban J connectivity index is 1.40. The van der Waals surface area contributed by atoms with Gasteiger partial charge in [-0.3, -0.25) is 0 Å². The first-order valence-corrected chi connectivity index (χ1v) is 9.42. The summed E-state index contributed by atoms with van der Waals surface area (Å²) in [6, 6.07) is 12.3. The van der Waals surface area contributed by atoms with Gasteiger partial charge in [0, 0.05) is 5.56 Å². The highest BCUT2D eigenvalue weighted by molar-refractivity contribution is 6.32. The summed E-state index contributed by atoms with van der Waals surface area (Å²) in [6.07, 6.45) is 0. The molecule has 2 heterocycles. The molecule has 0 spiro atoms. The number of hydrogen-bond acceptors (Lipinski definition) is 4. The number of ether oxygens (including phenoxy) is 3. The number of fused-ring (bicyclic) bond motifs is 1. The van der Waals surface area contributed by atoms with Crippen LogP contribution in [0.15, 0.2) is 36.4 Å². The van der Waals surface area contributed by atoms with Crippen LogP contribution in [0.4, 0.5) is 5.69 Å². The number of hydrogen-bond donors (Lipinski definition) is 1. The Hall–Kier alpha value is -2.11. The average molecular weight is 376 g/mol. The van der Waals surface area contributed by atoms with Crippen molar-refractivity contribution in [2.75, 3.05) is 51.4 Å². The number of rotatable bonds is 4. The molecule has 0 radical (unpaired) electrons. The van der Waals surface area contributed by atoms with Crippen LogP contribution in [-0.2, 0) is 6.54 Å². The van der Waals surface area contributed by atoms with Crippen LogP contribution in [0.5, 0.6) is 17.2 Å². The SMILES string of the molecule is COc1ccccc1N1CC[NH+](Cc2cc(Cl)c3c(c2)OCCO3)CC1. The van der Waals surface area contributed by atoms with Gasteiger partial charge in [-0.05, 0) is 24.3 Å². The van der Waals surface area contributed by atoms with Gasteiger partial charge in [0.15, 0.2) is 11.5 Å². The molecule has 5 nitrogen and oxygen atoms in total. The van der Waals surface area contributed by atoms with Crippen LogP contribution in [-0.4, -0.2) is 46.5 Å². The van der Waals surface area contributed by atoms with Crippen molar-refractivity contribution in [2.24, 2.45) is 0 Å². The molecular weight excluding hydrogens is 352 g/mol. The molecule has 2 aromatic carbocycles.